The second kappa shape index (κ2) is 10.8. The molecular weight excluding hydrogens is 414 g/mol. The van der Waals surface area contributed by atoms with Crippen molar-refractivity contribution < 1.29 is 9.59 Å². The number of nitrogens with one attached hydrogen (secondary N) is 1. The number of anilines is 2. The molecule has 7 heteroatoms. The molecule has 1 fully saturated rings. The minimum Gasteiger partial charge on any atom is -0.311 e. The van der Waals surface area contributed by atoms with E-state index in [9.17, 15) is 9.59 Å². The Bertz CT molecular complexity index is 1140. The number of hydrogen-bond acceptors (Lipinski definition) is 4. The van der Waals surface area contributed by atoms with Gasteiger partial charge in [-0.05, 0) is 37.1 Å². The first-order valence-corrected chi connectivity index (χ1v) is 11.7. The smallest absolute Gasteiger partial charge is 0.227 e. The van der Waals surface area contributed by atoms with Crippen molar-refractivity contribution in [3.63, 3.8) is 0 Å². The third-order valence-electron chi connectivity index (χ3n) is 6.17. The summed E-state index contributed by atoms with van der Waals surface area (Å²) >= 11 is 0. The van der Waals surface area contributed by atoms with Crippen LogP contribution < -0.4 is 10.2 Å². The van der Waals surface area contributed by atoms with E-state index in [0.717, 1.165) is 29.6 Å². The van der Waals surface area contributed by atoms with Crippen LogP contribution in [-0.4, -0.2) is 27.9 Å². The molecule has 0 saturated heterocycles. The van der Waals surface area contributed by atoms with Gasteiger partial charge in [0.05, 0.1) is 23.5 Å². The van der Waals surface area contributed by atoms with E-state index in [1.165, 1.54) is 19.3 Å². The van der Waals surface area contributed by atoms with Crippen molar-refractivity contribution in [3.05, 3.63) is 54.6 Å². The SMILES string of the molecule is N#CCCN(C(=O)CCC(=O)Nc1nc2ccccc2n1C1CCCCC1)c1ccccc1. The number of carbonyl (C=O) groups is 2. The molecule has 33 heavy (non-hydrogen) atoms. The third-order valence-corrected chi connectivity index (χ3v) is 6.17. The number of imidazole rings is 1. The number of amides is 2. The van der Waals surface area contributed by atoms with E-state index in [1.807, 2.05) is 54.6 Å². The van der Waals surface area contributed by atoms with Gasteiger partial charge in [0.25, 0.3) is 0 Å². The van der Waals surface area contributed by atoms with E-state index < -0.39 is 0 Å². The Balaban J connectivity index is 1.45. The van der Waals surface area contributed by atoms with Gasteiger partial charge >= 0.3 is 0 Å². The van der Waals surface area contributed by atoms with Crippen LogP contribution in [0.1, 0.15) is 57.4 Å². The number of rotatable bonds is 8. The molecule has 0 bridgehead atoms. The van der Waals surface area contributed by atoms with Gasteiger partial charge in [-0.25, -0.2) is 4.98 Å². The maximum atomic E-state index is 12.9. The van der Waals surface area contributed by atoms with Crippen LogP contribution in [0.5, 0.6) is 0 Å². The van der Waals surface area contributed by atoms with Gasteiger partial charge in [0.15, 0.2) is 0 Å². The predicted molar refractivity (Wildman–Crippen MR) is 129 cm³/mol. The Morgan fingerprint density at radius 3 is 2.52 bits per heavy atom. The van der Waals surface area contributed by atoms with Crippen molar-refractivity contribution in [1.82, 2.24) is 9.55 Å². The van der Waals surface area contributed by atoms with Crippen LogP contribution in [0.4, 0.5) is 11.6 Å². The number of aromatic nitrogens is 2. The lowest BCUT2D eigenvalue weighted by molar-refractivity contribution is -0.122. The summed E-state index contributed by atoms with van der Waals surface area (Å²) in [6.45, 7) is 0.304. The molecule has 0 atom stereocenters. The molecular formula is C26H29N5O2. The van der Waals surface area contributed by atoms with E-state index in [2.05, 4.69) is 20.9 Å². The highest BCUT2D eigenvalue weighted by Crippen LogP contribution is 2.34. The Hall–Kier alpha value is -3.66. The fourth-order valence-electron chi connectivity index (χ4n) is 4.55. The lowest BCUT2D eigenvalue weighted by atomic mass is 9.95. The highest BCUT2D eigenvalue weighted by Gasteiger charge is 2.23. The van der Waals surface area contributed by atoms with Gasteiger partial charge < -0.3 is 9.47 Å². The van der Waals surface area contributed by atoms with Crippen LogP contribution in [0.2, 0.25) is 0 Å². The topological polar surface area (TPSA) is 91.0 Å². The highest BCUT2D eigenvalue weighted by atomic mass is 16.2. The molecule has 0 spiro atoms. The normalized spacial score (nSPS) is 14.0. The first-order valence-electron chi connectivity index (χ1n) is 11.7. The largest absolute Gasteiger partial charge is 0.311 e. The van der Waals surface area contributed by atoms with Gasteiger partial charge in [-0.1, -0.05) is 49.6 Å². The van der Waals surface area contributed by atoms with Crippen LogP contribution in [0.15, 0.2) is 54.6 Å². The number of nitrogens with zero attached hydrogens (tertiary/aromatic N) is 4. The molecule has 0 unspecified atom stereocenters. The molecule has 2 aromatic carbocycles. The van der Waals surface area contributed by atoms with E-state index in [-0.39, 0.29) is 31.1 Å². The van der Waals surface area contributed by atoms with Gasteiger partial charge in [-0.2, -0.15) is 5.26 Å². The van der Waals surface area contributed by atoms with E-state index in [4.69, 9.17) is 5.26 Å². The van der Waals surface area contributed by atoms with Crippen molar-refractivity contribution in [3.8, 4) is 6.07 Å². The summed E-state index contributed by atoms with van der Waals surface area (Å²) in [6, 6.07) is 19.6. The van der Waals surface area contributed by atoms with Crippen molar-refractivity contribution in [2.45, 2.75) is 57.4 Å². The molecule has 4 rings (SSSR count). The Morgan fingerprint density at radius 2 is 1.76 bits per heavy atom. The molecule has 0 radical (unpaired) electrons. The monoisotopic (exact) mass is 443 g/mol. The van der Waals surface area contributed by atoms with E-state index in [1.54, 1.807) is 4.90 Å². The summed E-state index contributed by atoms with van der Waals surface area (Å²) in [7, 11) is 0. The first kappa shape index (κ1) is 22.5. The van der Waals surface area contributed by atoms with Gasteiger partial charge in [0, 0.05) is 31.1 Å². The zero-order valence-electron chi connectivity index (χ0n) is 18.7. The average Bonchev–Trinajstić information content (AvgIpc) is 3.22. The van der Waals surface area contributed by atoms with Gasteiger partial charge in [-0.15, -0.1) is 0 Å². The predicted octanol–water partition coefficient (Wildman–Crippen LogP) is 5.21. The highest BCUT2D eigenvalue weighted by molar-refractivity contribution is 5.98. The molecule has 1 aromatic heterocycles. The number of nitriles is 1. The first-order chi connectivity index (χ1) is 16.2. The van der Waals surface area contributed by atoms with Crippen LogP contribution in [0.25, 0.3) is 11.0 Å². The maximum Gasteiger partial charge on any atom is 0.227 e. The zero-order valence-corrected chi connectivity index (χ0v) is 18.7. The van der Waals surface area contributed by atoms with Crippen LogP contribution in [-0.2, 0) is 9.59 Å². The standard InChI is InChI=1S/C26H29N5O2/c27-18-9-19-30(20-10-3-1-4-11-20)25(33)17-16-24(32)29-26-28-22-14-7-8-15-23(22)31(26)21-12-5-2-6-13-21/h1,3-4,7-8,10-11,14-15,21H,2,5-6,9,12-13,16-17,19H2,(H,28,29,32). The van der Waals surface area contributed by atoms with Gasteiger partial charge in [0.2, 0.25) is 17.8 Å². The Morgan fingerprint density at radius 1 is 1.03 bits per heavy atom. The van der Waals surface area contributed by atoms with Gasteiger partial charge in [0.1, 0.15) is 0 Å². The number of hydrogen-bond donors (Lipinski definition) is 1. The molecule has 1 aliphatic carbocycles. The van der Waals surface area contributed by atoms with Crippen LogP contribution >= 0.6 is 0 Å². The second-order valence-electron chi connectivity index (χ2n) is 8.42. The van der Waals surface area contributed by atoms with Crippen LogP contribution in [0, 0.1) is 11.3 Å². The minimum atomic E-state index is -0.232. The zero-order chi connectivity index (χ0) is 23.0. The van der Waals surface area contributed by atoms with Crippen molar-refractivity contribution in [2.75, 3.05) is 16.8 Å². The fourth-order valence-corrected chi connectivity index (χ4v) is 4.55. The summed E-state index contributed by atoms with van der Waals surface area (Å²) < 4.78 is 2.16. The molecule has 170 valence electrons. The van der Waals surface area contributed by atoms with Crippen molar-refractivity contribution in [1.29, 1.82) is 5.26 Å². The molecule has 1 heterocycles. The molecule has 7 nitrogen and oxygen atoms in total. The number of para-hydroxylation sites is 3. The van der Waals surface area contributed by atoms with Crippen molar-refractivity contribution >= 4 is 34.5 Å². The molecule has 1 N–H and O–H groups in total. The number of benzene rings is 2. The molecule has 1 aliphatic rings. The van der Waals surface area contributed by atoms with E-state index in [0.29, 0.717) is 18.5 Å². The molecule has 1 saturated carbocycles. The summed E-state index contributed by atoms with van der Waals surface area (Å²) in [6.07, 6.45) is 6.11. The molecule has 0 aliphatic heterocycles. The summed E-state index contributed by atoms with van der Waals surface area (Å²) in [5, 5.41) is 11.9. The van der Waals surface area contributed by atoms with Crippen LogP contribution in [0.3, 0.4) is 0 Å². The Kier molecular flexibility index (Phi) is 7.36. The fraction of sp³-hybridized carbons (Fsp3) is 0.385. The summed E-state index contributed by atoms with van der Waals surface area (Å²) in [5.74, 6) is 0.154. The lowest BCUT2D eigenvalue weighted by Gasteiger charge is -2.25. The second-order valence-corrected chi connectivity index (χ2v) is 8.42. The van der Waals surface area contributed by atoms with Gasteiger partial charge in [-0.3, -0.25) is 14.9 Å². The average molecular weight is 444 g/mol. The maximum absolute atomic E-state index is 12.9. The number of fused-ring (bicyclic) bond motifs is 1. The number of carbonyl (C=O) groups excluding carboxylic acids is 2. The summed E-state index contributed by atoms with van der Waals surface area (Å²) in [4.78, 5) is 31.9. The molecule has 3 aromatic rings. The third kappa shape index (κ3) is 5.40. The Labute approximate surface area is 194 Å². The summed E-state index contributed by atoms with van der Waals surface area (Å²) in [5.41, 5.74) is 2.63. The van der Waals surface area contributed by atoms with E-state index >= 15 is 0 Å². The van der Waals surface area contributed by atoms with Crippen molar-refractivity contribution in [2.24, 2.45) is 0 Å². The minimum absolute atomic E-state index is 0.0581. The lowest BCUT2D eigenvalue weighted by Crippen LogP contribution is -2.32. The quantitative estimate of drug-likeness (QED) is 0.517. The molecule has 2 amide bonds.